The fourth-order valence-electron chi connectivity index (χ4n) is 5.05. The third-order valence-corrected chi connectivity index (χ3v) is 7.63. The Labute approximate surface area is 241 Å². The van der Waals surface area contributed by atoms with E-state index in [2.05, 4.69) is 11.8 Å². The SMILES string of the molecule is CCCCCCCCCCCCCC(=O)N1CCN(Cc2cc(=O)c(OCc3ccc(C(F)(F)F)cc3)co2)CC1. The summed E-state index contributed by atoms with van der Waals surface area (Å²) in [6.45, 7) is 5.39. The van der Waals surface area contributed by atoms with Gasteiger partial charge < -0.3 is 14.1 Å². The van der Waals surface area contributed by atoms with Crippen LogP contribution in [0.15, 0.2) is 45.8 Å². The van der Waals surface area contributed by atoms with E-state index in [1.165, 1.54) is 82.2 Å². The predicted molar refractivity (Wildman–Crippen MR) is 154 cm³/mol. The van der Waals surface area contributed by atoms with Crippen LogP contribution >= 0.6 is 0 Å². The topological polar surface area (TPSA) is 63.0 Å². The van der Waals surface area contributed by atoms with Gasteiger partial charge in [0.25, 0.3) is 0 Å². The zero-order valence-corrected chi connectivity index (χ0v) is 24.4. The van der Waals surface area contributed by atoms with Crippen molar-refractivity contribution in [3.05, 3.63) is 63.7 Å². The lowest BCUT2D eigenvalue weighted by molar-refractivity contribution is -0.137. The third-order valence-electron chi connectivity index (χ3n) is 7.63. The van der Waals surface area contributed by atoms with Crippen LogP contribution in [0.2, 0.25) is 0 Å². The zero-order chi connectivity index (χ0) is 29.5. The molecule has 1 aliphatic heterocycles. The molecule has 3 rings (SSSR count). The van der Waals surface area contributed by atoms with Crippen LogP contribution in [0.4, 0.5) is 13.2 Å². The lowest BCUT2D eigenvalue weighted by atomic mass is 10.1. The molecule has 0 spiro atoms. The molecular formula is C32H45F3N2O4. The van der Waals surface area contributed by atoms with E-state index in [4.69, 9.17) is 9.15 Å². The number of carbonyl (C=O) groups is 1. The zero-order valence-electron chi connectivity index (χ0n) is 24.4. The van der Waals surface area contributed by atoms with E-state index < -0.39 is 11.7 Å². The molecule has 1 amide bonds. The maximum absolute atomic E-state index is 12.7. The number of nitrogens with zero attached hydrogens (tertiary/aromatic N) is 2. The molecule has 0 radical (unpaired) electrons. The van der Waals surface area contributed by atoms with Crippen LogP contribution in [-0.2, 0) is 24.1 Å². The lowest BCUT2D eigenvalue weighted by Crippen LogP contribution is -2.48. The number of rotatable bonds is 17. The van der Waals surface area contributed by atoms with E-state index in [0.29, 0.717) is 50.5 Å². The summed E-state index contributed by atoms with van der Waals surface area (Å²) in [5.41, 5.74) is -0.573. The lowest BCUT2D eigenvalue weighted by Gasteiger charge is -2.34. The van der Waals surface area contributed by atoms with E-state index >= 15 is 0 Å². The first-order valence-corrected chi connectivity index (χ1v) is 15.2. The highest BCUT2D eigenvalue weighted by atomic mass is 19.4. The number of carbonyl (C=O) groups excluding carboxylic acids is 1. The Morgan fingerprint density at radius 2 is 1.46 bits per heavy atom. The van der Waals surface area contributed by atoms with Crippen molar-refractivity contribution in [2.45, 2.75) is 103 Å². The van der Waals surface area contributed by atoms with Gasteiger partial charge in [-0.05, 0) is 24.1 Å². The second kappa shape index (κ2) is 17.2. The Kier molecular flexibility index (Phi) is 13.7. The van der Waals surface area contributed by atoms with Crippen LogP contribution in [0.5, 0.6) is 5.75 Å². The second-order valence-electron chi connectivity index (χ2n) is 11.0. The molecule has 228 valence electrons. The van der Waals surface area contributed by atoms with E-state index in [9.17, 15) is 22.8 Å². The summed E-state index contributed by atoms with van der Waals surface area (Å²) in [6.07, 6.45) is 11.4. The molecule has 41 heavy (non-hydrogen) atoms. The maximum atomic E-state index is 12.7. The molecule has 1 aliphatic rings. The average molecular weight is 579 g/mol. The van der Waals surface area contributed by atoms with Gasteiger partial charge in [0.1, 0.15) is 18.6 Å². The van der Waals surface area contributed by atoms with Gasteiger partial charge in [0.2, 0.25) is 17.1 Å². The molecule has 0 bridgehead atoms. The molecule has 2 heterocycles. The number of ether oxygens (including phenoxy) is 1. The Bertz CT molecular complexity index is 1090. The van der Waals surface area contributed by atoms with Gasteiger partial charge in [0.05, 0.1) is 12.1 Å². The number of piperazine rings is 1. The molecule has 1 saturated heterocycles. The van der Waals surface area contributed by atoms with Crippen molar-refractivity contribution < 1.29 is 27.1 Å². The van der Waals surface area contributed by atoms with Crippen LogP contribution in [0, 0.1) is 0 Å². The number of amides is 1. The molecular weight excluding hydrogens is 533 g/mol. The first-order valence-electron chi connectivity index (χ1n) is 15.2. The van der Waals surface area contributed by atoms with Crippen molar-refractivity contribution in [2.24, 2.45) is 0 Å². The fourth-order valence-corrected chi connectivity index (χ4v) is 5.05. The number of hydrogen-bond acceptors (Lipinski definition) is 5. The molecule has 0 saturated carbocycles. The maximum Gasteiger partial charge on any atom is 0.416 e. The minimum atomic E-state index is -4.40. The molecule has 1 aromatic heterocycles. The minimum Gasteiger partial charge on any atom is -0.482 e. The minimum absolute atomic E-state index is 0.00599. The normalized spacial score (nSPS) is 14.4. The predicted octanol–water partition coefficient (Wildman–Crippen LogP) is 7.58. The van der Waals surface area contributed by atoms with E-state index in [1.54, 1.807) is 0 Å². The van der Waals surface area contributed by atoms with Crippen LogP contribution in [0.3, 0.4) is 0 Å². The molecule has 0 atom stereocenters. The summed E-state index contributed by atoms with van der Waals surface area (Å²) in [6, 6.07) is 5.99. The van der Waals surface area contributed by atoms with Crippen molar-refractivity contribution in [2.75, 3.05) is 26.2 Å². The van der Waals surface area contributed by atoms with Gasteiger partial charge in [-0.2, -0.15) is 13.2 Å². The number of benzene rings is 1. The van der Waals surface area contributed by atoms with Crippen molar-refractivity contribution in [1.29, 1.82) is 0 Å². The number of alkyl halides is 3. The first-order chi connectivity index (χ1) is 19.8. The van der Waals surface area contributed by atoms with Gasteiger partial charge in [-0.3, -0.25) is 14.5 Å². The molecule has 9 heteroatoms. The highest BCUT2D eigenvalue weighted by Gasteiger charge is 2.30. The Morgan fingerprint density at radius 1 is 0.878 bits per heavy atom. The fraction of sp³-hybridized carbons (Fsp3) is 0.625. The highest BCUT2D eigenvalue weighted by Crippen LogP contribution is 2.29. The summed E-state index contributed by atoms with van der Waals surface area (Å²) >= 11 is 0. The van der Waals surface area contributed by atoms with Crippen molar-refractivity contribution in [3.8, 4) is 5.75 Å². The van der Waals surface area contributed by atoms with Gasteiger partial charge in [-0.25, -0.2) is 0 Å². The summed E-state index contributed by atoms with van der Waals surface area (Å²) in [5, 5.41) is 0. The number of halogens is 3. The van der Waals surface area contributed by atoms with Gasteiger partial charge in [0.15, 0.2) is 0 Å². The summed E-state index contributed by atoms with van der Waals surface area (Å²) in [5.74, 6) is 0.728. The Hall–Kier alpha value is -2.81. The van der Waals surface area contributed by atoms with Gasteiger partial charge >= 0.3 is 6.18 Å². The molecule has 0 N–H and O–H groups in total. The average Bonchev–Trinajstić information content (AvgIpc) is 2.95. The molecule has 1 aromatic carbocycles. The molecule has 6 nitrogen and oxygen atoms in total. The van der Waals surface area contributed by atoms with Crippen LogP contribution in [-0.4, -0.2) is 41.9 Å². The standard InChI is InChI=1S/C32H45F3N2O4/c1-2-3-4-5-6-7-8-9-10-11-12-13-31(39)37-20-18-36(19-21-37)23-28-22-29(38)30(25-40-28)41-24-26-14-16-27(17-15-26)32(33,34)35/h14-17,22,25H,2-13,18-21,23-24H2,1H3. The third kappa shape index (κ3) is 11.9. The van der Waals surface area contributed by atoms with Gasteiger partial charge in [-0.1, -0.05) is 83.3 Å². The van der Waals surface area contributed by atoms with Crippen molar-refractivity contribution in [3.63, 3.8) is 0 Å². The Morgan fingerprint density at radius 3 is 2.02 bits per heavy atom. The van der Waals surface area contributed by atoms with Crippen molar-refractivity contribution in [1.82, 2.24) is 9.80 Å². The quantitative estimate of drug-likeness (QED) is 0.181. The first kappa shape index (κ1) is 32.7. The monoisotopic (exact) mass is 578 g/mol. The van der Waals surface area contributed by atoms with Crippen LogP contribution < -0.4 is 10.2 Å². The summed E-state index contributed by atoms with van der Waals surface area (Å²) in [4.78, 5) is 29.2. The number of unbranched alkanes of at least 4 members (excludes halogenated alkanes) is 10. The smallest absolute Gasteiger partial charge is 0.416 e. The molecule has 0 unspecified atom stereocenters. The summed E-state index contributed by atoms with van der Waals surface area (Å²) in [7, 11) is 0. The summed E-state index contributed by atoms with van der Waals surface area (Å²) < 4.78 is 49.2. The molecule has 1 fully saturated rings. The van der Waals surface area contributed by atoms with E-state index in [0.717, 1.165) is 25.0 Å². The van der Waals surface area contributed by atoms with Crippen LogP contribution in [0.1, 0.15) is 101 Å². The van der Waals surface area contributed by atoms with Gasteiger partial charge in [0, 0.05) is 38.7 Å². The van der Waals surface area contributed by atoms with Gasteiger partial charge in [-0.15, -0.1) is 0 Å². The highest BCUT2D eigenvalue weighted by molar-refractivity contribution is 5.76. The largest absolute Gasteiger partial charge is 0.482 e. The van der Waals surface area contributed by atoms with E-state index in [-0.39, 0.29) is 23.7 Å². The molecule has 2 aromatic rings. The second-order valence-corrected chi connectivity index (χ2v) is 11.0. The van der Waals surface area contributed by atoms with Crippen molar-refractivity contribution >= 4 is 5.91 Å². The number of hydrogen-bond donors (Lipinski definition) is 0. The Balaban J connectivity index is 1.29. The van der Waals surface area contributed by atoms with Crippen LogP contribution in [0.25, 0.3) is 0 Å². The van der Waals surface area contributed by atoms with E-state index in [1.807, 2.05) is 4.90 Å². The molecule has 0 aliphatic carbocycles.